The summed E-state index contributed by atoms with van der Waals surface area (Å²) in [5.74, 6) is 2.26. The van der Waals surface area contributed by atoms with Gasteiger partial charge in [-0.05, 0) is 40.0 Å². The third-order valence-corrected chi connectivity index (χ3v) is 4.95. The summed E-state index contributed by atoms with van der Waals surface area (Å²) in [5, 5.41) is 6.69. The highest BCUT2D eigenvalue weighted by Gasteiger charge is 2.25. The van der Waals surface area contributed by atoms with Crippen molar-refractivity contribution in [2.24, 2.45) is 4.99 Å². The van der Waals surface area contributed by atoms with E-state index in [4.69, 9.17) is 9.47 Å². The van der Waals surface area contributed by atoms with Gasteiger partial charge in [-0.3, -0.25) is 9.79 Å². The van der Waals surface area contributed by atoms with E-state index in [2.05, 4.69) is 31.6 Å². The normalized spacial score (nSPS) is 17.2. The van der Waals surface area contributed by atoms with Crippen molar-refractivity contribution in [1.29, 1.82) is 0 Å². The van der Waals surface area contributed by atoms with Crippen LogP contribution in [0.1, 0.15) is 25.3 Å². The average Bonchev–Trinajstić information content (AvgIpc) is 3.12. The number of aliphatic imine (C=N–C) groups is 1. The molecule has 1 unspecified atom stereocenters. The molecule has 1 aromatic rings. The van der Waals surface area contributed by atoms with Gasteiger partial charge in [0, 0.05) is 39.1 Å². The van der Waals surface area contributed by atoms with E-state index in [0.29, 0.717) is 30.4 Å². The molecule has 0 aliphatic carbocycles. The van der Waals surface area contributed by atoms with Crippen LogP contribution in [0, 0.1) is 0 Å². The van der Waals surface area contributed by atoms with E-state index in [1.807, 2.05) is 24.0 Å². The molecule has 1 heterocycles. The van der Waals surface area contributed by atoms with Gasteiger partial charge in [0.2, 0.25) is 5.91 Å². The van der Waals surface area contributed by atoms with Crippen molar-refractivity contribution in [3.05, 3.63) is 22.2 Å². The number of carbonyl (C=O) groups excluding carboxylic acids is 1. The first-order chi connectivity index (χ1) is 12.5. The van der Waals surface area contributed by atoms with Crippen LogP contribution in [0.5, 0.6) is 11.5 Å². The predicted octanol–water partition coefficient (Wildman–Crippen LogP) is 2.14. The Morgan fingerprint density at radius 2 is 2.15 bits per heavy atom. The first kappa shape index (κ1) is 20.4. The summed E-state index contributed by atoms with van der Waals surface area (Å²) >= 11 is 3.50. The fraction of sp³-hybridized carbons (Fsp3) is 0.556. The standard InChI is InChI=1S/C18H27BrN4O3/c1-5-16(24)23-7-6-13(11-23)22-18(20-2)21-10-12-8-14(19)17(26-4)15(9-12)25-3/h8-9,13H,5-7,10-11H2,1-4H3,(H2,20,21,22). The van der Waals surface area contributed by atoms with E-state index in [1.165, 1.54) is 0 Å². The van der Waals surface area contributed by atoms with E-state index >= 15 is 0 Å². The van der Waals surface area contributed by atoms with Gasteiger partial charge in [-0.2, -0.15) is 0 Å². The van der Waals surface area contributed by atoms with Crippen LogP contribution in [0.3, 0.4) is 0 Å². The Kier molecular flexibility index (Phi) is 7.56. The lowest BCUT2D eigenvalue weighted by atomic mass is 10.2. The SMILES string of the molecule is CCC(=O)N1CCC(NC(=NC)NCc2cc(Br)c(OC)c(OC)c2)C1. The summed E-state index contributed by atoms with van der Waals surface area (Å²) in [6, 6.07) is 4.13. The Morgan fingerprint density at radius 3 is 2.77 bits per heavy atom. The van der Waals surface area contributed by atoms with E-state index in [0.717, 1.165) is 29.5 Å². The van der Waals surface area contributed by atoms with Crippen LogP contribution >= 0.6 is 15.9 Å². The molecule has 0 spiro atoms. The highest BCUT2D eigenvalue weighted by atomic mass is 79.9. The number of likely N-dealkylation sites (tertiary alicyclic amines) is 1. The summed E-state index contributed by atoms with van der Waals surface area (Å²) in [6.45, 7) is 3.99. The number of methoxy groups -OCH3 is 2. The van der Waals surface area contributed by atoms with Gasteiger partial charge in [-0.25, -0.2) is 0 Å². The molecule has 1 atom stereocenters. The van der Waals surface area contributed by atoms with Gasteiger partial charge in [0.15, 0.2) is 17.5 Å². The van der Waals surface area contributed by atoms with Gasteiger partial charge in [-0.15, -0.1) is 0 Å². The van der Waals surface area contributed by atoms with Crippen molar-refractivity contribution in [3.63, 3.8) is 0 Å². The highest BCUT2D eigenvalue weighted by Crippen LogP contribution is 2.36. The average molecular weight is 427 g/mol. The second-order valence-electron chi connectivity index (χ2n) is 6.06. The van der Waals surface area contributed by atoms with Gasteiger partial charge >= 0.3 is 0 Å². The number of amides is 1. The topological polar surface area (TPSA) is 75.2 Å². The van der Waals surface area contributed by atoms with Crippen molar-refractivity contribution in [2.75, 3.05) is 34.4 Å². The first-order valence-corrected chi connectivity index (χ1v) is 9.47. The first-order valence-electron chi connectivity index (χ1n) is 8.67. The van der Waals surface area contributed by atoms with Crippen LogP contribution in [0.25, 0.3) is 0 Å². The molecule has 1 aliphatic rings. The Bertz CT molecular complexity index is 666. The molecule has 144 valence electrons. The summed E-state index contributed by atoms with van der Waals surface area (Å²) in [4.78, 5) is 18.0. The molecule has 1 amide bonds. The summed E-state index contributed by atoms with van der Waals surface area (Å²) in [6.07, 6.45) is 1.47. The summed E-state index contributed by atoms with van der Waals surface area (Å²) in [7, 11) is 4.97. The molecular weight excluding hydrogens is 400 g/mol. The molecule has 7 nitrogen and oxygen atoms in total. The zero-order chi connectivity index (χ0) is 19.1. The number of benzene rings is 1. The van der Waals surface area contributed by atoms with Crippen molar-refractivity contribution in [2.45, 2.75) is 32.4 Å². The van der Waals surface area contributed by atoms with Crippen LogP contribution in [-0.2, 0) is 11.3 Å². The number of halogens is 1. The monoisotopic (exact) mass is 426 g/mol. The highest BCUT2D eigenvalue weighted by molar-refractivity contribution is 9.10. The van der Waals surface area contributed by atoms with Crippen LogP contribution in [0.4, 0.5) is 0 Å². The lowest BCUT2D eigenvalue weighted by Crippen LogP contribution is -2.44. The molecule has 2 rings (SSSR count). The molecule has 26 heavy (non-hydrogen) atoms. The van der Waals surface area contributed by atoms with Gasteiger partial charge < -0.3 is 25.0 Å². The van der Waals surface area contributed by atoms with Crippen LogP contribution < -0.4 is 20.1 Å². The van der Waals surface area contributed by atoms with Crippen LogP contribution in [0.15, 0.2) is 21.6 Å². The Balaban J connectivity index is 1.94. The van der Waals surface area contributed by atoms with Crippen molar-refractivity contribution < 1.29 is 14.3 Å². The third-order valence-electron chi connectivity index (χ3n) is 4.36. The molecule has 1 aliphatic heterocycles. The molecule has 8 heteroatoms. The number of nitrogens with zero attached hydrogens (tertiary/aromatic N) is 2. The minimum atomic E-state index is 0.201. The van der Waals surface area contributed by atoms with Gasteiger partial charge in [0.05, 0.1) is 18.7 Å². The number of guanidine groups is 1. The molecule has 2 N–H and O–H groups in total. The molecule has 1 fully saturated rings. The molecule has 1 saturated heterocycles. The quantitative estimate of drug-likeness (QED) is 0.538. The minimum absolute atomic E-state index is 0.201. The predicted molar refractivity (Wildman–Crippen MR) is 106 cm³/mol. The number of hydrogen-bond donors (Lipinski definition) is 2. The number of hydrogen-bond acceptors (Lipinski definition) is 4. The molecule has 0 radical (unpaired) electrons. The number of rotatable bonds is 6. The smallest absolute Gasteiger partial charge is 0.222 e. The zero-order valence-electron chi connectivity index (χ0n) is 15.8. The fourth-order valence-electron chi connectivity index (χ4n) is 2.98. The second-order valence-corrected chi connectivity index (χ2v) is 6.92. The van der Waals surface area contributed by atoms with Crippen molar-refractivity contribution in [3.8, 4) is 11.5 Å². The van der Waals surface area contributed by atoms with E-state index in [1.54, 1.807) is 21.3 Å². The fourth-order valence-corrected chi connectivity index (χ4v) is 3.63. The Hall–Kier alpha value is -1.96. The molecule has 0 aromatic heterocycles. The Morgan fingerprint density at radius 1 is 1.38 bits per heavy atom. The number of carbonyl (C=O) groups is 1. The van der Waals surface area contributed by atoms with E-state index < -0.39 is 0 Å². The summed E-state index contributed by atoms with van der Waals surface area (Å²) < 4.78 is 11.5. The molecular formula is C18H27BrN4O3. The maximum atomic E-state index is 11.8. The van der Waals surface area contributed by atoms with Crippen LogP contribution in [0.2, 0.25) is 0 Å². The Labute approximate surface area is 163 Å². The zero-order valence-corrected chi connectivity index (χ0v) is 17.4. The van der Waals surface area contributed by atoms with Crippen molar-refractivity contribution in [1.82, 2.24) is 15.5 Å². The maximum absolute atomic E-state index is 11.8. The van der Waals surface area contributed by atoms with E-state index in [9.17, 15) is 4.79 Å². The summed E-state index contributed by atoms with van der Waals surface area (Å²) in [5.41, 5.74) is 1.03. The number of ether oxygens (including phenoxy) is 2. The lowest BCUT2D eigenvalue weighted by molar-refractivity contribution is -0.129. The largest absolute Gasteiger partial charge is 0.493 e. The number of nitrogens with one attached hydrogen (secondary N) is 2. The van der Waals surface area contributed by atoms with Gasteiger partial charge in [0.1, 0.15) is 0 Å². The maximum Gasteiger partial charge on any atom is 0.222 e. The van der Waals surface area contributed by atoms with Crippen LogP contribution in [-0.4, -0.2) is 57.2 Å². The minimum Gasteiger partial charge on any atom is -0.493 e. The van der Waals surface area contributed by atoms with Gasteiger partial charge in [-0.1, -0.05) is 6.92 Å². The third kappa shape index (κ3) is 5.03. The molecule has 1 aromatic carbocycles. The van der Waals surface area contributed by atoms with Crippen molar-refractivity contribution >= 4 is 27.8 Å². The second kappa shape index (κ2) is 9.66. The lowest BCUT2D eigenvalue weighted by Gasteiger charge is -2.19. The molecule has 0 bridgehead atoms. The molecule has 0 saturated carbocycles. The van der Waals surface area contributed by atoms with Gasteiger partial charge in [0.25, 0.3) is 0 Å². The van der Waals surface area contributed by atoms with E-state index in [-0.39, 0.29) is 11.9 Å².